The predicted molar refractivity (Wildman–Crippen MR) is 56.4 cm³/mol. The molecule has 0 unspecified atom stereocenters. The molecule has 15 heavy (non-hydrogen) atoms. The topological polar surface area (TPSA) is 63.0 Å². The van der Waals surface area contributed by atoms with Crippen molar-refractivity contribution in [1.82, 2.24) is 20.1 Å². The Hall–Kier alpha value is -0.940. The molecule has 0 amide bonds. The summed E-state index contributed by atoms with van der Waals surface area (Å²) in [6.07, 6.45) is 5.50. The molecule has 2 N–H and O–H groups in total. The summed E-state index contributed by atoms with van der Waals surface area (Å²) in [6, 6.07) is 0.272. The number of nitrogens with zero attached hydrogens (tertiary/aromatic N) is 3. The lowest BCUT2D eigenvalue weighted by Gasteiger charge is -2.15. The van der Waals surface area contributed by atoms with Gasteiger partial charge in [0, 0.05) is 26.1 Å². The SMILES string of the molecule is Cn1cnc(CCN[C@@H]2CCC[C@H]2O)n1. The van der Waals surface area contributed by atoms with E-state index < -0.39 is 0 Å². The molecule has 1 aromatic rings. The normalized spacial score (nSPS) is 26.0. The average molecular weight is 210 g/mol. The Morgan fingerprint density at radius 1 is 1.60 bits per heavy atom. The lowest BCUT2D eigenvalue weighted by atomic mass is 10.2. The number of aromatic nitrogens is 3. The van der Waals surface area contributed by atoms with E-state index in [1.807, 2.05) is 7.05 Å². The van der Waals surface area contributed by atoms with Crippen LogP contribution in [-0.4, -0.2) is 38.6 Å². The molecule has 0 bridgehead atoms. The maximum atomic E-state index is 9.59. The molecule has 0 spiro atoms. The van der Waals surface area contributed by atoms with Crippen LogP contribution in [0, 0.1) is 0 Å². The fourth-order valence-corrected chi connectivity index (χ4v) is 2.05. The number of aliphatic hydroxyl groups is 1. The molecule has 0 aliphatic heterocycles. The van der Waals surface area contributed by atoms with Crippen LogP contribution in [0.5, 0.6) is 0 Å². The Bertz CT molecular complexity index is 312. The summed E-state index contributed by atoms with van der Waals surface area (Å²) in [4.78, 5) is 4.15. The smallest absolute Gasteiger partial charge is 0.151 e. The minimum Gasteiger partial charge on any atom is -0.392 e. The minimum absolute atomic E-state index is 0.165. The summed E-state index contributed by atoms with van der Waals surface area (Å²) in [5.74, 6) is 0.859. The highest BCUT2D eigenvalue weighted by Gasteiger charge is 2.24. The number of aryl methyl sites for hydroxylation is 1. The molecule has 0 aromatic carbocycles. The quantitative estimate of drug-likeness (QED) is 0.726. The van der Waals surface area contributed by atoms with Gasteiger partial charge in [-0.2, -0.15) is 5.10 Å². The Morgan fingerprint density at radius 2 is 2.47 bits per heavy atom. The standard InChI is InChI=1S/C10H18N4O/c1-14-7-12-10(13-14)5-6-11-8-3-2-4-9(8)15/h7-9,11,15H,2-6H2,1H3/t8-,9-/m1/s1. The molecule has 1 heterocycles. The monoisotopic (exact) mass is 210 g/mol. The molecule has 5 nitrogen and oxygen atoms in total. The van der Waals surface area contributed by atoms with Gasteiger partial charge in [0.25, 0.3) is 0 Å². The van der Waals surface area contributed by atoms with Crippen molar-refractivity contribution < 1.29 is 5.11 Å². The van der Waals surface area contributed by atoms with Gasteiger partial charge in [0.1, 0.15) is 6.33 Å². The van der Waals surface area contributed by atoms with Crippen molar-refractivity contribution in [2.24, 2.45) is 7.05 Å². The summed E-state index contributed by atoms with van der Waals surface area (Å²) >= 11 is 0. The van der Waals surface area contributed by atoms with Gasteiger partial charge in [0.2, 0.25) is 0 Å². The highest BCUT2D eigenvalue weighted by Crippen LogP contribution is 2.18. The summed E-state index contributed by atoms with van der Waals surface area (Å²) < 4.78 is 1.71. The third-order valence-electron chi connectivity index (χ3n) is 2.88. The van der Waals surface area contributed by atoms with Crippen molar-refractivity contribution >= 4 is 0 Å². The molecular weight excluding hydrogens is 192 g/mol. The fraction of sp³-hybridized carbons (Fsp3) is 0.800. The Balaban J connectivity index is 1.70. The minimum atomic E-state index is -0.165. The van der Waals surface area contributed by atoms with E-state index >= 15 is 0 Å². The highest BCUT2D eigenvalue weighted by atomic mass is 16.3. The molecule has 0 radical (unpaired) electrons. The van der Waals surface area contributed by atoms with Crippen LogP contribution in [0.15, 0.2) is 6.33 Å². The first kappa shape index (κ1) is 10.6. The molecule has 1 aliphatic rings. The maximum Gasteiger partial charge on any atom is 0.151 e. The van der Waals surface area contributed by atoms with Crippen molar-refractivity contribution in [2.45, 2.75) is 37.8 Å². The van der Waals surface area contributed by atoms with Crippen LogP contribution in [-0.2, 0) is 13.5 Å². The first-order valence-corrected chi connectivity index (χ1v) is 5.51. The summed E-state index contributed by atoms with van der Waals surface area (Å²) in [5.41, 5.74) is 0. The lowest BCUT2D eigenvalue weighted by molar-refractivity contribution is 0.149. The van der Waals surface area contributed by atoms with Gasteiger partial charge in [-0.1, -0.05) is 0 Å². The first-order valence-electron chi connectivity index (χ1n) is 5.51. The van der Waals surface area contributed by atoms with Crippen LogP contribution in [0.1, 0.15) is 25.1 Å². The van der Waals surface area contributed by atoms with Crippen LogP contribution in [0.2, 0.25) is 0 Å². The second-order valence-electron chi connectivity index (χ2n) is 4.14. The van der Waals surface area contributed by atoms with Gasteiger partial charge in [-0.05, 0) is 19.3 Å². The molecule has 84 valence electrons. The van der Waals surface area contributed by atoms with E-state index in [0.717, 1.165) is 38.1 Å². The van der Waals surface area contributed by atoms with Crippen LogP contribution < -0.4 is 5.32 Å². The molecule has 1 saturated carbocycles. The van der Waals surface area contributed by atoms with Gasteiger partial charge in [-0.15, -0.1) is 0 Å². The Morgan fingerprint density at radius 3 is 3.07 bits per heavy atom. The number of hydrogen-bond donors (Lipinski definition) is 2. The lowest BCUT2D eigenvalue weighted by Crippen LogP contribution is -2.36. The zero-order chi connectivity index (χ0) is 10.7. The van der Waals surface area contributed by atoms with E-state index in [0.29, 0.717) is 0 Å². The van der Waals surface area contributed by atoms with E-state index in [4.69, 9.17) is 0 Å². The Kier molecular flexibility index (Phi) is 3.33. The van der Waals surface area contributed by atoms with Crippen molar-refractivity contribution in [3.63, 3.8) is 0 Å². The van der Waals surface area contributed by atoms with Gasteiger partial charge in [0.05, 0.1) is 6.10 Å². The average Bonchev–Trinajstić information content (AvgIpc) is 2.77. The molecule has 1 aliphatic carbocycles. The van der Waals surface area contributed by atoms with E-state index in [9.17, 15) is 5.11 Å². The summed E-state index contributed by atoms with van der Waals surface area (Å²) in [5, 5.41) is 17.1. The zero-order valence-electron chi connectivity index (χ0n) is 9.06. The van der Waals surface area contributed by atoms with Crippen LogP contribution >= 0.6 is 0 Å². The van der Waals surface area contributed by atoms with E-state index in [-0.39, 0.29) is 12.1 Å². The number of rotatable bonds is 4. The van der Waals surface area contributed by atoms with Crippen molar-refractivity contribution in [3.8, 4) is 0 Å². The van der Waals surface area contributed by atoms with Crippen molar-refractivity contribution in [3.05, 3.63) is 12.2 Å². The van der Waals surface area contributed by atoms with E-state index in [2.05, 4.69) is 15.4 Å². The summed E-state index contributed by atoms with van der Waals surface area (Å²) in [7, 11) is 1.87. The van der Waals surface area contributed by atoms with Gasteiger partial charge in [-0.3, -0.25) is 4.68 Å². The molecule has 1 aromatic heterocycles. The van der Waals surface area contributed by atoms with Crippen LogP contribution in [0.3, 0.4) is 0 Å². The zero-order valence-corrected chi connectivity index (χ0v) is 9.06. The molecule has 1 fully saturated rings. The summed E-state index contributed by atoms with van der Waals surface area (Å²) in [6.45, 7) is 0.839. The van der Waals surface area contributed by atoms with Crippen LogP contribution in [0.4, 0.5) is 0 Å². The molecule has 2 atom stereocenters. The maximum absolute atomic E-state index is 9.59. The Labute approximate surface area is 89.5 Å². The highest BCUT2D eigenvalue weighted by molar-refractivity contribution is 4.86. The number of hydrogen-bond acceptors (Lipinski definition) is 4. The second-order valence-corrected chi connectivity index (χ2v) is 4.14. The number of aliphatic hydroxyl groups excluding tert-OH is 1. The van der Waals surface area contributed by atoms with Crippen LogP contribution in [0.25, 0.3) is 0 Å². The second kappa shape index (κ2) is 4.72. The fourth-order valence-electron chi connectivity index (χ4n) is 2.05. The molecular formula is C10H18N4O. The van der Waals surface area contributed by atoms with E-state index in [1.165, 1.54) is 0 Å². The van der Waals surface area contributed by atoms with Gasteiger partial charge < -0.3 is 10.4 Å². The largest absolute Gasteiger partial charge is 0.392 e. The van der Waals surface area contributed by atoms with Gasteiger partial charge in [0.15, 0.2) is 5.82 Å². The molecule has 2 rings (SSSR count). The third-order valence-corrected chi connectivity index (χ3v) is 2.88. The number of nitrogens with one attached hydrogen (secondary N) is 1. The van der Waals surface area contributed by atoms with Crippen molar-refractivity contribution in [1.29, 1.82) is 0 Å². The third kappa shape index (κ3) is 2.76. The first-order chi connectivity index (χ1) is 7.25. The molecule has 0 saturated heterocycles. The molecule has 5 heteroatoms. The van der Waals surface area contributed by atoms with Gasteiger partial charge >= 0.3 is 0 Å². The van der Waals surface area contributed by atoms with Crippen molar-refractivity contribution in [2.75, 3.05) is 6.54 Å². The van der Waals surface area contributed by atoms with Gasteiger partial charge in [-0.25, -0.2) is 4.98 Å². The van der Waals surface area contributed by atoms with E-state index in [1.54, 1.807) is 11.0 Å². The predicted octanol–water partition coefficient (Wildman–Crippen LogP) is -0.139.